The molecule has 0 saturated carbocycles. The summed E-state index contributed by atoms with van der Waals surface area (Å²) in [5.74, 6) is 0. The third-order valence-electron chi connectivity index (χ3n) is 1.89. The average Bonchev–Trinajstić information content (AvgIpc) is 2.04. The van der Waals surface area contributed by atoms with E-state index in [9.17, 15) is 0 Å². The highest BCUT2D eigenvalue weighted by atomic mass is 14.8. The van der Waals surface area contributed by atoms with E-state index in [0.717, 1.165) is 17.7 Å². The maximum Gasteiger partial charge on any atom is 0.113 e. The molecule has 0 unspecified atom stereocenters. The molecule has 0 bridgehead atoms. The number of hydrogen-bond donors (Lipinski definition) is 0. The van der Waals surface area contributed by atoms with Crippen molar-refractivity contribution in [3.63, 3.8) is 0 Å². The Bertz CT molecular complexity index is 261. The van der Waals surface area contributed by atoms with Crippen molar-refractivity contribution < 1.29 is 0 Å². The summed E-state index contributed by atoms with van der Waals surface area (Å²) in [5.41, 5.74) is 2.18. The van der Waals surface area contributed by atoms with Gasteiger partial charge in [0, 0.05) is 17.8 Å². The lowest BCUT2D eigenvalue weighted by atomic mass is 9.77. The summed E-state index contributed by atoms with van der Waals surface area (Å²) in [4.78, 5) is 8.73. The standard InChI is InChI=1S/C10H16BN2/c1-10(2,3)9-7-12-8(5-11-4)6-13-9/h6-7H,5H2,1-4H3. The first-order valence-corrected chi connectivity index (χ1v) is 4.63. The van der Waals surface area contributed by atoms with Crippen LogP contribution in [0.2, 0.25) is 6.82 Å². The van der Waals surface area contributed by atoms with Crippen molar-refractivity contribution in [2.75, 3.05) is 0 Å². The van der Waals surface area contributed by atoms with E-state index in [1.165, 1.54) is 0 Å². The van der Waals surface area contributed by atoms with E-state index in [4.69, 9.17) is 0 Å². The van der Waals surface area contributed by atoms with Crippen LogP contribution in [0.5, 0.6) is 0 Å². The second kappa shape index (κ2) is 3.90. The predicted molar refractivity (Wildman–Crippen MR) is 56.1 cm³/mol. The van der Waals surface area contributed by atoms with Gasteiger partial charge in [-0.25, -0.2) is 0 Å². The molecule has 13 heavy (non-hydrogen) atoms. The van der Waals surface area contributed by atoms with E-state index in [-0.39, 0.29) is 5.41 Å². The van der Waals surface area contributed by atoms with Crippen molar-refractivity contribution in [1.82, 2.24) is 9.97 Å². The lowest BCUT2D eigenvalue weighted by molar-refractivity contribution is 0.564. The molecular weight excluding hydrogens is 159 g/mol. The Hall–Kier alpha value is -0.855. The maximum absolute atomic E-state index is 4.39. The van der Waals surface area contributed by atoms with Crippen LogP contribution < -0.4 is 0 Å². The van der Waals surface area contributed by atoms with Gasteiger partial charge in [-0.3, -0.25) is 9.97 Å². The molecule has 0 aromatic carbocycles. The van der Waals surface area contributed by atoms with Gasteiger partial charge in [-0.15, -0.1) is 0 Å². The molecule has 1 aromatic heterocycles. The van der Waals surface area contributed by atoms with Crippen LogP contribution in [-0.4, -0.2) is 17.2 Å². The molecule has 0 aliphatic rings. The molecule has 1 aromatic rings. The summed E-state index contributed by atoms with van der Waals surface area (Å²) in [5, 5.41) is 0. The van der Waals surface area contributed by atoms with Crippen molar-refractivity contribution in [3.8, 4) is 0 Å². The minimum Gasteiger partial charge on any atom is -0.259 e. The highest BCUT2D eigenvalue weighted by molar-refractivity contribution is 6.32. The molecule has 1 rings (SSSR count). The van der Waals surface area contributed by atoms with Gasteiger partial charge >= 0.3 is 0 Å². The maximum atomic E-state index is 4.39. The minimum atomic E-state index is 0.0987. The zero-order valence-electron chi connectivity index (χ0n) is 8.83. The van der Waals surface area contributed by atoms with Gasteiger partial charge in [0.15, 0.2) is 0 Å². The molecule has 0 spiro atoms. The van der Waals surface area contributed by atoms with Crippen molar-refractivity contribution in [2.24, 2.45) is 0 Å². The van der Waals surface area contributed by atoms with Crippen LogP contribution in [0.25, 0.3) is 0 Å². The normalized spacial score (nSPS) is 11.4. The number of hydrogen-bond acceptors (Lipinski definition) is 2. The monoisotopic (exact) mass is 175 g/mol. The van der Waals surface area contributed by atoms with Crippen LogP contribution in [0, 0.1) is 0 Å². The molecule has 69 valence electrons. The Balaban J connectivity index is 2.81. The van der Waals surface area contributed by atoms with Gasteiger partial charge in [-0.2, -0.15) is 0 Å². The summed E-state index contributed by atoms with van der Waals surface area (Å²) < 4.78 is 0. The molecule has 0 aliphatic heterocycles. The lowest BCUT2D eigenvalue weighted by Gasteiger charge is -2.16. The molecule has 0 atom stereocenters. The summed E-state index contributed by atoms with van der Waals surface area (Å²) in [6.45, 7) is 8.45. The second-order valence-electron chi connectivity index (χ2n) is 4.26. The van der Waals surface area contributed by atoms with Crippen molar-refractivity contribution in [1.29, 1.82) is 0 Å². The summed E-state index contributed by atoms with van der Waals surface area (Å²) in [7, 11) is 2.08. The summed E-state index contributed by atoms with van der Waals surface area (Å²) in [6, 6.07) is 0. The van der Waals surface area contributed by atoms with Gasteiger partial charge in [-0.05, 0) is 6.32 Å². The molecule has 2 nitrogen and oxygen atoms in total. The smallest absolute Gasteiger partial charge is 0.113 e. The molecule has 3 heteroatoms. The predicted octanol–water partition coefficient (Wildman–Crippen LogP) is 2.03. The van der Waals surface area contributed by atoms with Gasteiger partial charge in [0.2, 0.25) is 0 Å². The second-order valence-corrected chi connectivity index (χ2v) is 4.26. The first-order valence-electron chi connectivity index (χ1n) is 4.63. The topological polar surface area (TPSA) is 25.8 Å². The van der Waals surface area contributed by atoms with Gasteiger partial charge < -0.3 is 0 Å². The molecular formula is C10H16BN2. The highest BCUT2D eigenvalue weighted by Gasteiger charge is 2.15. The third-order valence-corrected chi connectivity index (χ3v) is 1.89. The fraction of sp³-hybridized carbons (Fsp3) is 0.600. The van der Waals surface area contributed by atoms with E-state index in [1.54, 1.807) is 0 Å². The van der Waals surface area contributed by atoms with E-state index < -0.39 is 0 Å². The van der Waals surface area contributed by atoms with Crippen LogP contribution in [0.3, 0.4) is 0 Å². The van der Waals surface area contributed by atoms with E-state index in [1.807, 2.05) is 19.2 Å². The summed E-state index contributed by atoms with van der Waals surface area (Å²) >= 11 is 0. The van der Waals surface area contributed by atoms with Crippen LogP contribution in [0.15, 0.2) is 12.4 Å². The Kier molecular flexibility index (Phi) is 3.07. The average molecular weight is 175 g/mol. The summed E-state index contributed by atoms with van der Waals surface area (Å²) in [6.07, 6.45) is 4.64. The third kappa shape index (κ3) is 2.83. The Morgan fingerprint density at radius 2 is 1.92 bits per heavy atom. The van der Waals surface area contributed by atoms with Crippen LogP contribution in [-0.2, 0) is 11.7 Å². The van der Waals surface area contributed by atoms with Gasteiger partial charge in [0.25, 0.3) is 0 Å². The van der Waals surface area contributed by atoms with Gasteiger partial charge in [0.05, 0.1) is 11.4 Å². The highest BCUT2D eigenvalue weighted by Crippen LogP contribution is 2.18. The first-order chi connectivity index (χ1) is 6.04. The zero-order chi connectivity index (χ0) is 9.90. The van der Waals surface area contributed by atoms with E-state index >= 15 is 0 Å². The number of aromatic nitrogens is 2. The lowest BCUT2D eigenvalue weighted by Crippen LogP contribution is -2.14. The molecule has 0 aliphatic carbocycles. The molecule has 0 N–H and O–H groups in total. The number of rotatable bonds is 2. The molecule has 1 heterocycles. The molecule has 0 saturated heterocycles. The Labute approximate surface area is 81.0 Å². The van der Waals surface area contributed by atoms with Gasteiger partial charge in [-0.1, -0.05) is 27.6 Å². The fourth-order valence-corrected chi connectivity index (χ4v) is 1.06. The van der Waals surface area contributed by atoms with E-state index in [0.29, 0.717) is 0 Å². The quantitative estimate of drug-likeness (QED) is 0.642. The SMILES string of the molecule is C[B]Cc1cnc(C(C)(C)C)cn1. The Morgan fingerprint density at radius 1 is 1.23 bits per heavy atom. The fourth-order valence-electron chi connectivity index (χ4n) is 1.06. The van der Waals surface area contributed by atoms with Crippen molar-refractivity contribution >= 4 is 7.28 Å². The Morgan fingerprint density at radius 3 is 2.31 bits per heavy atom. The van der Waals surface area contributed by atoms with Crippen LogP contribution in [0.4, 0.5) is 0 Å². The zero-order valence-corrected chi connectivity index (χ0v) is 8.83. The van der Waals surface area contributed by atoms with Gasteiger partial charge in [0.1, 0.15) is 7.28 Å². The molecule has 0 amide bonds. The molecule has 0 fully saturated rings. The molecule has 1 radical (unpaired) electrons. The van der Waals surface area contributed by atoms with Crippen molar-refractivity contribution in [2.45, 2.75) is 39.3 Å². The van der Waals surface area contributed by atoms with Crippen molar-refractivity contribution in [3.05, 3.63) is 23.8 Å². The van der Waals surface area contributed by atoms with Crippen LogP contribution >= 0.6 is 0 Å². The number of nitrogens with zero attached hydrogens (tertiary/aromatic N) is 2. The van der Waals surface area contributed by atoms with Crippen LogP contribution in [0.1, 0.15) is 32.2 Å². The largest absolute Gasteiger partial charge is 0.259 e. The first kappa shape index (κ1) is 10.2. The van der Waals surface area contributed by atoms with E-state index in [2.05, 4.69) is 38.0 Å². The minimum absolute atomic E-state index is 0.0987.